The van der Waals surface area contributed by atoms with Gasteiger partial charge < -0.3 is 20.1 Å². The van der Waals surface area contributed by atoms with Crippen molar-refractivity contribution in [2.75, 3.05) is 24.9 Å². The largest absolute Gasteiger partial charge is 0.493 e. The lowest BCUT2D eigenvalue weighted by Gasteiger charge is -2.12. The molecule has 0 aliphatic carbocycles. The average molecular weight is 411 g/mol. The fourth-order valence-electron chi connectivity index (χ4n) is 2.84. The maximum Gasteiger partial charge on any atom is 0.275 e. The highest BCUT2D eigenvalue weighted by atomic mass is 32.1. The second-order valence-electron chi connectivity index (χ2n) is 6.19. The first-order valence-electron chi connectivity index (χ1n) is 8.80. The summed E-state index contributed by atoms with van der Waals surface area (Å²) in [5.74, 6) is 0.650. The van der Waals surface area contributed by atoms with E-state index in [0.29, 0.717) is 33.6 Å². The Morgan fingerprint density at radius 1 is 1.00 bits per heavy atom. The number of aromatic nitrogens is 1. The number of hydrogen-bond donors (Lipinski definition) is 2. The Balaban J connectivity index is 1.85. The number of para-hydroxylation sites is 1. The van der Waals surface area contributed by atoms with Crippen molar-refractivity contribution in [2.24, 2.45) is 0 Å². The van der Waals surface area contributed by atoms with Crippen molar-refractivity contribution in [3.63, 3.8) is 0 Å². The Morgan fingerprint density at radius 3 is 2.34 bits per heavy atom. The summed E-state index contributed by atoms with van der Waals surface area (Å²) in [6, 6.07) is 10.8. The molecule has 0 bridgehead atoms. The van der Waals surface area contributed by atoms with Gasteiger partial charge in [0.25, 0.3) is 5.91 Å². The maximum absolute atomic E-state index is 12.7. The molecule has 0 aliphatic rings. The number of thiazole rings is 1. The Bertz CT molecular complexity index is 1060. The molecule has 150 valence electrons. The number of hydrogen-bond acceptors (Lipinski definition) is 6. The van der Waals surface area contributed by atoms with Crippen LogP contribution < -0.4 is 20.1 Å². The van der Waals surface area contributed by atoms with Crippen molar-refractivity contribution in [2.45, 2.75) is 13.8 Å². The third kappa shape index (κ3) is 4.38. The van der Waals surface area contributed by atoms with E-state index in [0.717, 1.165) is 11.1 Å². The molecule has 29 heavy (non-hydrogen) atoms. The monoisotopic (exact) mass is 411 g/mol. The first kappa shape index (κ1) is 20.3. The molecule has 0 radical (unpaired) electrons. The van der Waals surface area contributed by atoms with Crippen LogP contribution in [0.2, 0.25) is 0 Å². The molecule has 0 fully saturated rings. The minimum absolute atomic E-state index is 0.173. The highest BCUT2D eigenvalue weighted by molar-refractivity contribution is 7.13. The molecule has 1 heterocycles. The zero-order valence-corrected chi connectivity index (χ0v) is 17.3. The van der Waals surface area contributed by atoms with E-state index in [-0.39, 0.29) is 11.8 Å². The Morgan fingerprint density at radius 2 is 1.69 bits per heavy atom. The molecular formula is C21H21N3O4S. The van der Waals surface area contributed by atoms with E-state index in [1.807, 2.05) is 19.1 Å². The predicted octanol–water partition coefficient (Wildman–Crippen LogP) is 4.35. The van der Waals surface area contributed by atoms with Crippen LogP contribution in [0.4, 0.5) is 11.4 Å². The van der Waals surface area contributed by atoms with Crippen LogP contribution in [0.5, 0.6) is 11.5 Å². The number of ether oxygens (including phenoxy) is 2. The van der Waals surface area contributed by atoms with Crippen LogP contribution in [0.3, 0.4) is 0 Å². The molecule has 3 rings (SSSR count). The van der Waals surface area contributed by atoms with Crippen LogP contribution in [-0.4, -0.2) is 31.0 Å². The van der Waals surface area contributed by atoms with Gasteiger partial charge in [-0.05, 0) is 36.8 Å². The van der Waals surface area contributed by atoms with Gasteiger partial charge >= 0.3 is 0 Å². The van der Waals surface area contributed by atoms with E-state index in [9.17, 15) is 9.59 Å². The second-order valence-corrected chi connectivity index (χ2v) is 7.05. The van der Waals surface area contributed by atoms with Crippen LogP contribution >= 0.6 is 11.3 Å². The van der Waals surface area contributed by atoms with Crippen LogP contribution in [0.25, 0.3) is 10.6 Å². The zero-order valence-electron chi connectivity index (χ0n) is 16.5. The van der Waals surface area contributed by atoms with Gasteiger partial charge in [-0.1, -0.05) is 12.1 Å². The summed E-state index contributed by atoms with van der Waals surface area (Å²) in [6.07, 6.45) is 0. The van der Waals surface area contributed by atoms with E-state index in [2.05, 4.69) is 15.6 Å². The normalized spacial score (nSPS) is 10.3. The van der Waals surface area contributed by atoms with Gasteiger partial charge in [0.1, 0.15) is 10.7 Å². The predicted molar refractivity (Wildman–Crippen MR) is 114 cm³/mol. The van der Waals surface area contributed by atoms with Crippen LogP contribution in [-0.2, 0) is 4.79 Å². The zero-order chi connectivity index (χ0) is 21.0. The summed E-state index contributed by atoms with van der Waals surface area (Å²) in [5.41, 5.74) is 3.06. The van der Waals surface area contributed by atoms with Crippen LogP contribution in [0, 0.1) is 6.92 Å². The molecule has 7 nitrogen and oxygen atoms in total. The number of rotatable bonds is 6. The molecule has 0 aliphatic heterocycles. The van der Waals surface area contributed by atoms with Gasteiger partial charge in [-0.25, -0.2) is 4.98 Å². The van der Waals surface area contributed by atoms with Gasteiger partial charge in [-0.3, -0.25) is 9.59 Å². The van der Waals surface area contributed by atoms with Crippen molar-refractivity contribution in [3.8, 4) is 22.1 Å². The van der Waals surface area contributed by atoms with Gasteiger partial charge in [-0.15, -0.1) is 11.3 Å². The molecule has 0 atom stereocenters. The molecule has 1 aromatic heterocycles. The lowest BCUT2D eigenvalue weighted by Crippen LogP contribution is -2.14. The average Bonchev–Trinajstić information content (AvgIpc) is 3.20. The number of anilines is 2. The van der Waals surface area contributed by atoms with Crippen molar-refractivity contribution in [1.82, 2.24) is 4.98 Å². The standard InChI is InChI=1S/C21H21N3O4S/c1-12-15(22-13(2)25)8-6-9-16(12)23-20(26)17-11-29-21(24-17)14-7-5-10-18(27-3)19(14)28-4/h5-11H,1-4H3,(H,22,25)(H,23,26). The van der Waals surface area contributed by atoms with Crippen molar-refractivity contribution < 1.29 is 19.1 Å². The minimum Gasteiger partial charge on any atom is -0.493 e. The van der Waals surface area contributed by atoms with E-state index in [1.54, 1.807) is 43.9 Å². The Kier molecular flexibility index (Phi) is 6.13. The number of benzene rings is 2. The third-order valence-electron chi connectivity index (χ3n) is 4.26. The molecule has 0 spiro atoms. The molecule has 2 aromatic carbocycles. The van der Waals surface area contributed by atoms with E-state index in [4.69, 9.17) is 9.47 Å². The lowest BCUT2D eigenvalue weighted by molar-refractivity contribution is -0.114. The first-order valence-corrected chi connectivity index (χ1v) is 9.68. The van der Waals surface area contributed by atoms with Crippen LogP contribution in [0.15, 0.2) is 41.8 Å². The summed E-state index contributed by atoms with van der Waals surface area (Å²) < 4.78 is 10.8. The summed E-state index contributed by atoms with van der Waals surface area (Å²) in [5, 5.41) is 7.94. The Labute approximate surface area is 172 Å². The fraction of sp³-hybridized carbons (Fsp3) is 0.190. The van der Waals surface area contributed by atoms with Crippen LogP contribution in [0.1, 0.15) is 23.0 Å². The van der Waals surface area contributed by atoms with Gasteiger partial charge in [0, 0.05) is 23.7 Å². The molecular weight excluding hydrogens is 390 g/mol. The quantitative estimate of drug-likeness (QED) is 0.630. The molecule has 3 aromatic rings. The summed E-state index contributed by atoms with van der Waals surface area (Å²) in [7, 11) is 3.13. The summed E-state index contributed by atoms with van der Waals surface area (Å²) in [4.78, 5) is 28.5. The maximum atomic E-state index is 12.7. The van der Waals surface area contributed by atoms with Gasteiger partial charge in [0.15, 0.2) is 11.5 Å². The Hall–Kier alpha value is -3.39. The number of carbonyl (C=O) groups is 2. The third-order valence-corrected chi connectivity index (χ3v) is 5.14. The topological polar surface area (TPSA) is 89.5 Å². The van der Waals surface area contributed by atoms with E-state index >= 15 is 0 Å². The molecule has 0 unspecified atom stereocenters. The van der Waals surface area contributed by atoms with Gasteiger partial charge in [0.05, 0.1) is 19.8 Å². The number of nitrogens with zero attached hydrogens (tertiary/aromatic N) is 1. The summed E-state index contributed by atoms with van der Waals surface area (Å²) >= 11 is 1.34. The molecule has 0 saturated heterocycles. The van der Waals surface area contributed by atoms with Crippen molar-refractivity contribution in [1.29, 1.82) is 0 Å². The van der Waals surface area contributed by atoms with E-state index in [1.165, 1.54) is 18.3 Å². The number of nitrogens with one attached hydrogen (secondary N) is 2. The number of amides is 2. The first-order chi connectivity index (χ1) is 13.9. The fourth-order valence-corrected chi connectivity index (χ4v) is 3.66. The van der Waals surface area contributed by atoms with Crippen molar-refractivity contribution in [3.05, 3.63) is 53.0 Å². The lowest BCUT2D eigenvalue weighted by atomic mass is 10.1. The molecule has 0 saturated carbocycles. The SMILES string of the molecule is COc1cccc(-c2nc(C(=O)Nc3cccc(NC(C)=O)c3C)cs2)c1OC. The molecule has 8 heteroatoms. The van der Waals surface area contributed by atoms with Crippen molar-refractivity contribution >= 4 is 34.5 Å². The highest BCUT2D eigenvalue weighted by Crippen LogP contribution is 2.39. The highest BCUT2D eigenvalue weighted by Gasteiger charge is 2.18. The molecule has 2 N–H and O–H groups in total. The number of methoxy groups -OCH3 is 2. The number of carbonyl (C=O) groups excluding carboxylic acids is 2. The second kappa shape index (κ2) is 8.74. The van der Waals surface area contributed by atoms with E-state index < -0.39 is 0 Å². The summed E-state index contributed by atoms with van der Waals surface area (Å²) in [6.45, 7) is 3.27. The molecule has 2 amide bonds. The van der Waals surface area contributed by atoms with Gasteiger partial charge in [-0.2, -0.15) is 0 Å². The minimum atomic E-state index is -0.336. The van der Waals surface area contributed by atoms with Gasteiger partial charge in [0.2, 0.25) is 5.91 Å². The smallest absolute Gasteiger partial charge is 0.275 e.